The summed E-state index contributed by atoms with van der Waals surface area (Å²) in [5.74, 6) is 5.45. The first-order valence-electron chi connectivity index (χ1n) is 2.82. The number of nitrogens with zero attached hydrogens (tertiary/aromatic N) is 2. The van der Waals surface area contributed by atoms with Crippen LogP contribution in [0.2, 0.25) is 0 Å². The quantitative estimate of drug-likeness (QED) is 0.421. The Labute approximate surface area is 50.0 Å². The molecule has 2 N–H and O–H groups in total. The van der Waals surface area contributed by atoms with Crippen molar-refractivity contribution in [1.82, 2.24) is 9.91 Å². The summed E-state index contributed by atoms with van der Waals surface area (Å²) in [6, 6.07) is 0. The van der Waals surface area contributed by atoms with Crippen molar-refractivity contribution in [2.24, 2.45) is 5.84 Å². The topological polar surface area (TPSA) is 32.5 Å². The number of hydrazine groups is 1. The Morgan fingerprint density at radius 1 is 1.50 bits per heavy atom. The van der Waals surface area contributed by atoms with E-state index in [2.05, 4.69) is 11.9 Å². The highest BCUT2D eigenvalue weighted by atomic mass is 15.4. The van der Waals surface area contributed by atoms with Gasteiger partial charge in [-0.2, -0.15) is 0 Å². The smallest absolute Gasteiger partial charge is 0.0550 e. The second-order valence-corrected chi connectivity index (χ2v) is 2.18. The summed E-state index contributed by atoms with van der Waals surface area (Å²) in [6.45, 7) is 5.00. The number of likely N-dealkylation sites (N-methyl/N-ethyl adjacent to an activating group) is 1. The Bertz CT molecular complexity index is 56.1. The molecule has 0 amide bonds. The number of rotatable bonds is 0. The molecule has 1 radical (unpaired) electrons. The van der Waals surface area contributed by atoms with Crippen LogP contribution in [0.1, 0.15) is 0 Å². The minimum Gasteiger partial charge on any atom is -0.303 e. The molecule has 0 atom stereocenters. The van der Waals surface area contributed by atoms with Crippen LogP contribution < -0.4 is 5.84 Å². The Morgan fingerprint density at radius 3 is 2.62 bits per heavy atom. The lowest BCUT2D eigenvalue weighted by Crippen LogP contribution is -2.44. The summed E-state index contributed by atoms with van der Waals surface area (Å²) in [6.07, 6.45) is 0. The van der Waals surface area contributed by atoms with E-state index in [0.717, 1.165) is 19.6 Å². The second-order valence-electron chi connectivity index (χ2n) is 2.18. The zero-order valence-electron chi connectivity index (χ0n) is 5.17. The summed E-state index contributed by atoms with van der Waals surface area (Å²) in [5.41, 5.74) is 0. The third-order valence-corrected chi connectivity index (χ3v) is 1.37. The van der Waals surface area contributed by atoms with Gasteiger partial charge in [-0.3, -0.25) is 5.84 Å². The number of hydrogen-bond donors (Lipinski definition) is 1. The van der Waals surface area contributed by atoms with Crippen molar-refractivity contribution in [2.75, 3.05) is 26.7 Å². The minimum atomic E-state index is 0.955. The van der Waals surface area contributed by atoms with Crippen molar-refractivity contribution in [1.29, 1.82) is 0 Å². The lowest BCUT2D eigenvalue weighted by Gasteiger charge is -2.27. The zero-order chi connectivity index (χ0) is 5.98. The summed E-state index contributed by atoms with van der Waals surface area (Å²) >= 11 is 0. The molecule has 1 rings (SSSR count). The van der Waals surface area contributed by atoms with Gasteiger partial charge in [-0.05, 0) is 7.05 Å². The lowest BCUT2D eigenvalue weighted by molar-refractivity contribution is 0.199. The molecule has 1 aliphatic heterocycles. The molecule has 47 valence electrons. The molecular formula is C5H12N3. The van der Waals surface area contributed by atoms with E-state index in [4.69, 9.17) is 5.84 Å². The molecule has 0 unspecified atom stereocenters. The van der Waals surface area contributed by atoms with E-state index < -0.39 is 0 Å². The van der Waals surface area contributed by atoms with Gasteiger partial charge in [0.25, 0.3) is 0 Å². The molecule has 0 aromatic heterocycles. The predicted octanol–water partition coefficient (Wildman–Crippen LogP) is -0.731. The Balaban J connectivity index is 2.19. The van der Waals surface area contributed by atoms with Crippen molar-refractivity contribution in [3.8, 4) is 0 Å². The Hall–Kier alpha value is -0.120. The van der Waals surface area contributed by atoms with Crippen LogP contribution in [0.3, 0.4) is 0 Å². The van der Waals surface area contributed by atoms with Gasteiger partial charge in [-0.1, -0.05) is 0 Å². The molecule has 3 heteroatoms. The normalized spacial score (nSPS) is 26.2. The maximum absolute atomic E-state index is 5.45. The molecule has 0 bridgehead atoms. The fraction of sp³-hybridized carbons (Fsp3) is 0.800. The van der Waals surface area contributed by atoms with E-state index in [1.165, 1.54) is 0 Å². The monoisotopic (exact) mass is 114 g/mol. The number of hydrogen-bond acceptors (Lipinski definition) is 3. The van der Waals surface area contributed by atoms with Crippen LogP contribution in [0.4, 0.5) is 0 Å². The van der Waals surface area contributed by atoms with E-state index in [0.29, 0.717) is 0 Å². The highest BCUT2D eigenvalue weighted by molar-refractivity contribution is 4.73. The average molecular weight is 114 g/mol. The Kier molecular flexibility index (Phi) is 1.83. The Morgan fingerprint density at radius 2 is 2.25 bits per heavy atom. The van der Waals surface area contributed by atoms with Crippen molar-refractivity contribution in [3.05, 3.63) is 6.54 Å². The molecule has 1 fully saturated rings. The minimum absolute atomic E-state index is 0.955. The first-order chi connectivity index (χ1) is 3.79. The van der Waals surface area contributed by atoms with Crippen LogP contribution in [-0.4, -0.2) is 36.6 Å². The first-order valence-corrected chi connectivity index (χ1v) is 2.82. The van der Waals surface area contributed by atoms with Gasteiger partial charge in [0.15, 0.2) is 0 Å². The summed E-state index contributed by atoms with van der Waals surface area (Å²) in [4.78, 5) is 2.23. The van der Waals surface area contributed by atoms with Gasteiger partial charge in [-0.25, -0.2) is 5.01 Å². The van der Waals surface area contributed by atoms with Gasteiger partial charge in [0.05, 0.1) is 6.54 Å². The van der Waals surface area contributed by atoms with E-state index in [1.807, 2.05) is 6.54 Å². The molecule has 1 saturated heterocycles. The summed E-state index contributed by atoms with van der Waals surface area (Å²) in [7, 11) is 2.09. The van der Waals surface area contributed by atoms with Gasteiger partial charge >= 0.3 is 0 Å². The molecule has 0 saturated carbocycles. The van der Waals surface area contributed by atoms with Crippen molar-refractivity contribution in [3.63, 3.8) is 0 Å². The lowest BCUT2D eigenvalue weighted by atomic mass is 10.4. The average Bonchev–Trinajstić information content (AvgIpc) is 1.77. The second kappa shape index (κ2) is 2.44. The summed E-state index contributed by atoms with van der Waals surface area (Å²) in [5, 5.41) is 1.74. The van der Waals surface area contributed by atoms with Gasteiger partial charge in [0.2, 0.25) is 0 Å². The maximum Gasteiger partial charge on any atom is 0.0550 e. The largest absolute Gasteiger partial charge is 0.303 e. The molecule has 0 spiro atoms. The number of nitrogens with two attached hydrogens (primary N) is 1. The van der Waals surface area contributed by atoms with Crippen LogP contribution in [0, 0.1) is 6.54 Å². The molecule has 0 aromatic rings. The van der Waals surface area contributed by atoms with Crippen LogP contribution in [-0.2, 0) is 0 Å². The van der Waals surface area contributed by atoms with Gasteiger partial charge < -0.3 is 4.90 Å². The zero-order valence-corrected chi connectivity index (χ0v) is 5.17. The predicted molar refractivity (Wildman–Crippen MR) is 32.7 cm³/mol. The molecular weight excluding hydrogens is 102 g/mol. The molecule has 3 nitrogen and oxygen atoms in total. The van der Waals surface area contributed by atoms with Crippen molar-refractivity contribution >= 4 is 0 Å². The molecule has 0 aliphatic carbocycles. The highest BCUT2D eigenvalue weighted by Crippen LogP contribution is 1.95. The van der Waals surface area contributed by atoms with E-state index >= 15 is 0 Å². The van der Waals surface area contributed by atoms with Crippen molar-refractivity contribution < 1.29 is 0 Å². The maximum atomic E-state index is 5.45. The first kappa shape index (κ1) is 6.01. The molecule has 8 heavy (non-hydrogen) atoms. The molecule has 1 aliphatic rings. The molecule has 1 heterocycles. The SMILES string of the molecule is CN1C[CH]N(N)CC1. The van der Waals surface area contributed by atoms with E-state index in [1.54, 1.807) is 5.01 Å². The van der Waals surface area contributed by atoms with Crippen LogP contribution in [0.15, 0.2) is 0 Å². The van der Waals surface area contributed by atoms with Gasteiger partial charge in [-0.15, -0.1) is 0 Å². The van der Waals surface area contributed by atoms with Gasteiger partial charge in [0, 0.05) is 19.6 Å². The number of piperazine rings is 1. The van der Waals surface area contributed by atoms with Crippen molar-refractivity contribution in [2.45, 2.75) is 0 Å². The van der Waals surface area contributed by atoms with E-state index in [9.17, 15) is 0 Å². The third-order valence-electron chi connectivity index (χ3n) is 1.37. The standard InChI is InChI=1S/C5H12N3/c1-7-2-4-8(6)5-3-7/h4H,2-3,5-6H2,1H3. The van der Waals surface area contributed by atoms with Gasteiger partial charge in [0.1, 0.15) is 0 Å². The van der Waals surface area contributed by atoms with Crippen LogP contribution in [0.5, 0.6) is 0 Å². The van der Waals surface area contributed by atoms with E-state index in [-0.39, 0.29) is 0 Å². The highest BCUT2D eigenvalue weighted by Gasteiger charge is 2.08. The fourth-order valence-electron chi connectivity index (χ4n) is 0.713. The van der Waals surface area contributed by atoms with Crippen LogP contribution in [0.25, 0.3) is 0 Å². The summed E-state index contributed by atoms with van der Waals surface area (Å²) < 4.78 is 0. The van der Waals surface area contributed by atoms with Crippen LogP contribution >= 0.6 is 0 Å². The molecule has 0 aromatic carbocycles. The fourth-order valence-corrected chi connectivity index (χ4v) is 0.713. The third kappa shape index (κ3) is 1.43.